The zero-order valence-corrected chi connectivity index (χ0v) is 13.3. The van der Waals surface area contributed by atoms with E-state index in [1.165, 1.54) is 0 Å². The van der Waals surface area contributed by atoms with E-state index in [0.29, 0.717) is 15.5 Å². The van der Waals surface area contributed by atoms with Gasteiger partial charge in [-0.3, -0.25) is 4.79 Å². The topological polar surface area (TPSA) is 29.1 Å². The molecule has 2 aromatic rings. The van der Waals surface area contributed by atoms with Gasteiger partial charge in [-0.15, -0.1) is 12.6 Å². The van der Waals surface area contributed by atoms with Gasteiger partial charge in [0.25, 0.3) is 5.91 Å². The van der Waals surface area contributed by atoms with Gasteiger partial charge in [0.1, 0.15) is 0 Å². The van der Waals surface area contributed by atoms with E-state index in [9.17, 15) is 4.79 Å². The summed E-state index contributed by atoms with van der Waals surface area (Å²) in [7, 11) is 0. The third kappa shape index (κ3) is 3.32. The number of nitrogens with one attached hydrogen (secondary N) is 1. The van der Waals surface area contributed by atoms with Crippen LogP contribution < -0.4 is 5.32 Å². The third-order valence-electron chi connectivity index (χ3n) is 2.71. The zero-order valence-electron chi connectivity index (χ0n) is 10.1. The Morgan fingerprint density at radius 2 is 2.05 bits per heavy atom. The van der Waals surface area contributed by atoms with Crippen molar-refractivity contribution >= 4 is 51.8 Å². The predicted molar refractivity (Wildman–Crippen MR) is 85.5 cm³/mol. The Labute approximate surface area is 130 Å². The summed E-state index contributed by atoms with van der Waals surface area (Å²) >= 11 is 13.7. The van der Waals surface area contributed by atoms with E-state index in [0.717, 1.165) is 15.7 Å². The molecule has 0 radical (unpaired) electrons. The Kier molecular flexibility index (Phi) is 4.55. The van der Waals surface area contributed by atoms with Crippen LogP contribution in [0.15, 0.2) is 45.8 Å². The van der Waals surface area contributed by atoms with Crippen LogP contribution in [0, 0.1) is 6.92 Å². The summed E-state index contributed by atoms with van der Waals surface area (Å²) in [6.45, 7) is 1.93. The zero-order chi connectivity index (χ0) is 14.0. The second-order valence-corrected chi connectivity index (χ2v) is 5.81. The lowest BCUT2D eigenvalue weighted by molar-refractivity contribution is 0.102. The fourth-order valence-electron chi connectivity index (χ4n) is 1.62. The van der Waals surface area contributed by atoms with Gasteiger partial charge in [0.15, 0.2) is 0 Å². The number of thiol groups is 1. The molecule has 0 spiro atoms. The molecule has 19 heavy (non-hydrogen) atoms. The van der Waals surface area contributed by atoms with Crippen LogP contribution in [0.1, 0.15) is 15.9 Å². The number of anilines is 1. The van der Waals surface area contributed by atoms with E-state index >= 15 is 0 Å². The van der Waals surface area contributed by atoms with Gasteiger partial charge in [0, 0.05) is 15.1 Å². The molecule has 0 bridgehead atoms. The molecule has 98 valence electrons. The van der Waals surface area contributed by atoms with Gasteiger partial charge in [-0.2, -0.15) is 0 Å². The number of carbonyl (C=O) groups is 1. The number of rotatable bonds is 2. The first-order valence-electron chi connectivity index (χ1n) is 5.54. The molecule has 0 atom stereocenters. The smallest absolute Gasteiger partial charge is 0.257 e. The Morgan fingerprint density at radius 3 is 2.79 bits per heavy atom. The van der Waals surface area contributed by atoms with Crippen molar-refractivity contribution in [3.8, 4) is 0 Å². The molecule has 0 aliphatic carbocycles. The number of benzene rings is 2. The van der Waals surface area contributed by atoms with Crippen LogP contribution >= 0.6 is 40.2 Å². The number of halogens is 2. The Balaban J connectivity index is 2.31. The van der Waals surface area contributed by atoms with Gasteiger partial charge in [-0.25, -0.2) is 0 Å². The van der Waals surface area contributed by atoms with Crippen LogP contribution in [0.4, 0.5) is 5.69 Å². The van der Waals surface area contributed by atoms with E-state index in [4.69, 9.17) is 11.6 Å². The van der Waals surface area contributed by atoms with Crippen LogP contribution in [0.25, 0.3) is 0 Å². The largest absolute Gasteiger partial charge is 0.322 e. The summed E-state index contributed by atoms with van der Waals surface area (Å²) in [5.74, 6) is -0.248. The lowest BCUT2D eigenvalue weighted by Crippen LogP contribution is -2.13. The summed E-state index contributed by atoms with van der Waals surface area (Å²) in [5, 5.41) is 3.25. The van der Waals surface area contributed by atoms with Crippen molar-refractivity contribution in [1.82, 2.24) is 0 Å². The monoisotopic (exact) mass is 355 g/mol. The Morgan fingerprint density at radius 1 is 1.32 bits per heavy atom. The molecule has 1 amide bonds. The highest BCUT2D eigenvalue weighted by atomic mass is 79.9. The quantitative estimate of drug-likeness (QED) is 0.732. The lowest BCUT2D eigenvalue weighted by atomic mass is 10.1. The van der Waals surface area contributed by atoms with Crippen molar-refractivity contribution in [2.75, 3.05) is 5.32 Å². The molecule has 0 fully saturated rings. The van der Waals surface area contributed by atoms with Crippen LogP contribution in [0.2, 0.25) is 5.02 Å². The molecule has 0 aliphatic heterocycles. The maximum atomic E-state index is 12.2. The molecule has 0 aromatic heterocycles. The van der Waals surface area contributed by atoms with E-state index in [1.54, 1.807) is 18.2 Å². The standard InChI is InChI=1S/C14H11BrClNOS/c1-8-11(15)3-2-4-13(8)17-14(18)10-7-9(19)5-6-12(10)16/h2-7,19H,1H3,(H,17,18). The molecule has 0 aliphatic rings. The number of hydrogen-bond acceptors (Lipinski definition) is 2. The van der Waals surface area contributed by atoms with Gasteiger partial charge < -0.3 is 5.32 Å². The number of hydrogen-bond donors (Lipinski definition) is 2. The van der Waals surface area contributed by atoms with E-state index < -0.39 is 0 Å². The van der Waals surface area contributed by atoms with Crippen molar-refractivity contribution in [2.45, 2.75) is 11.8 Å². The molecule has 0 saturated carbocycles. The maximum absolute atomic E-state index is 12.2. The average Bonchev–Trinajstić information content (AvgIpc) is 2.38. The van der Waals surface area contributed by atoms with Crippen LogP contribution in [-0.4, -0.2) is 5.91 Å². The number of carbonyl (C=O) groups excluding carboxylic acids is 1. The highest BCUT2D eigenvalue weighted by molar-refractivity contribution is 9.10. The van der Waals surface area contributed by atoms with Crippen molar-refractivity contribution in [3.63, 3.8) is 0 Å². The molecule has 2 aromatic carbocycles. The first-order chi connectivity index (χ1) is 8.99. The van der Waals surface area contributed by atoms with Crippen molar-refractivity contribution in [1.29, 1.82) is 0 Å². The molecule has 5 heteroatoms. The van der Waals surface area contributed by atoms with Crippen molar-refractivity contribution < 1.29 is 4.79 Å². The Bertz CT molecular complexity index is 645. The lowest BCUT2D eigenvalue weighted by Gasteiger charge is -2.10. The maximum Gasteiger partial charge on any atom is 0.257 e. The highest BCUT2D eigenvalue weighted by Crippen LogP contribution is 2.25. The first-order valence-corrected chi connectivity index (χ1v) is 7.16. The average molecular weight is 357 g/mol. The highest BCUT2D eigenvalue weighted by Gasteiger charge is 2.12. The normalized spacial score (nSPS) is 10.3. The molecule has 2 nitrogen and oxygen atoms in total. The SMILES string of the molecule is Cc1c(Br)cccc1NC(=O)c1cc(S)ccc1Cl. The van der Waals surface area contributed by atoms with Crippen LogP contribution in [-0.2, 0) is 0 Å². The summed E-state index contributed by atoms with van der Waals surface area (Å²) in [4.78, 5) is 12.9. The summed E-state index contributed by atoms with van der Waals surface area (Å²) in [5.41, 5.74) is 2.13. The first kappa shape index (κ1) is 14.4. The fourth-order valence-corrected chi connectivity index (χ4v) is 2.39. The molecule has 0 unspecified atom stereocenters. The molecule has 0 saturated heterocycles. The summed E-state index contributed by atoms with van der Waals surface area (Å²) < 4.78 is 0.944. The molecule has 0 heterocycles. The second-order valence-electron chi connectivity index (χ2n) is 4.03. The minimum atomic E-state index is -0.248. The molecule has 1 N–H and O–H groups in total. The van der Waals surface area contributed by atoms with Crippen LogP contribution in [0.5, 0.6) is 0 Å². The van der Waals surface area contributed by atoms with Crippen molar-refractivity contribution in [2.24, 2.45) is 0 Å². The third-order valence-corrected chi connectivity index (χ3v) is 4.18. The minimum absolute atomic E-state index is 0.248. The molecule has 2 rings (SSSR count). The van der Waals surface area contributed by atoms with Crippen LogP contribution in [0.3, 0.4) is 0 Å². The summed E-state index contributed by atoms with van der Waals surface area (Å²) in [6.07, 6.45) is 0. The Hall–Kier alpha value is -0.970. The minimum Gasteiger partial charge on any atom is -0.322 e. The number of amides is 1. The van der Waals surface area contributed by atoms with Crippen molar-refractivity contribution in [3.05, 3.63) is 57.0 Å². The van der Waals surface area contributed by atoms with Gasteiger partial charge in [0.05, 0.1) is 10.6 Å². The molecular formula is C14H11BrClNOS. The predicted octanol–water partition coefficient (Wildman–Crippen LogP) is 4.95. The van der Waals surface area contributed by atoms with E-state index in [1.807, 2.05) is 25.1 Å². The second kappa shape index (κ2) is 5.99. The van der Waals surface area contributed by atoms with E-state index in [-0.39, 0.29) is 5.91 Å². The van der Waals surface area contributed by atoms with Gasteiger partial charge in [-0.1, -0.05) is 33.6 Å². The van der Waals surface area contributed by atoms with Gasteiger partial charge in [0.2, 0.25) is 0 Å². The summed E-state index contributed by atoms with van der Waals surface area (Å²) in [6, 6.07) is 10.7. The van der Waals surface area contributed by atoms with E-state index in [2.05, 4.69) is 33.9 Å². The fraction of sp³-hybridized carbons (Fsp3) is 0.0714. The van der Waals surface area contributed by atoms with Gasteiger partial charge in [-0.05, 0) is 42.8 Å². The molecular weight excluding hydrogens is 346 g/mol. The van der Waals surface area contributed by atoms with Gasteiger partial charge >= 0.3 is 0 Å².